The summed E-state index contributed by atoms with van der Waals surface area (Å²) in [6.07, 6.45) is 56.2. The minimum absolute atomic E-state index is 0.241. The third-order valence-corrected chi connectivity index (χ3v) is 22.3. The summed E-state index contributed by atoms with van der Waals surface area (Å²) in [6.45, 7) is 1.79. The number of amides is 1. The molecule has 0 radical (unpaired) electrons. The van der Waals surface area contributed by atoms with Crippen LogP contribution < -0.4 is 5.32 Å². The van der Waals surface area contributed by atoms with Crippen LogP contribution in [0.25, 0.3) is 0 Å². The van der Waals surface area contributed by atoms with Crippen molar-refractivity contribution in [3.05, 3.63) is 24.3 Å². The van der Waals surface area contributed by atoms with Gasteiger partial charge < -0.3 is 89.9 Å². The molecule has 105 heavy (non-hydrogen) atoms. The molecule has 17 unspecified atom stereocenters. The molecule has 19 heteroatoms. The van der Waals surface area contributed by atoms with Crippen LogP contribution in [0, 0.1) is 0 Å². The average molecular weight is 1500 g/mol. The molecule has 3 fully saturated rings. The Bertz CT molecular complexity index is 1990. The summed E-state index contributed by atoms with van der Waals surface area (Å²) >= 11 is 0. The number of hydrogen-bond acceptors (Lipinski definition) is 18. The summed E-state index contributed by atoms with van der Waals surface area (Å²) in [5, 5.41) is 121. The molecular formula is C86H163NO18. The average Bonchev–Trinajstić information content (AvgIpc) is 0.781. The van der Waals surface area contributed by atoms with Gasteiger partial charge in [0.15, 0.2) is 18.9 Å². The van der Waals surface area contributed by atoms with Gasteiger partial charge in [-0.25, -0.2) is 0 Å². The molecule has 0 spiro atoms. The normalized spacial score (nSPS) is 25.8. The van der Waals surface area contributed by atoms with E-state index in [1.165, 1.54) is 315 Å². The molecule has 0 aliphatic carbocycles. The molecule has 3 saturated heterocycles. The van der Waals surface area contributed by atoms with E-state index in [4.69, 9.17) is 28.4 Å². The van der Waals surface area contributed by atoms with Gasteiger partial charge in [0.05, 0.1) is 38.6 Å². The summed E-state index contributed by atoms with van der Waals surface area (Å²) in [4.78, 5) is 13.5. The van der Waals surface area contributed by atoms with Gasteiger partial charge in [-0.2, -0.15) is 0 Å². The lowest BCUT2D eigenvalue weighted by Crippen LogP contribution is -2.66. The van der Waals surface area contributed by atoms with Crippen LogP contribution in [0.5, 0.6) is 0 Å². The Labute approximate surface area is 638 Å². The first-order valence-corrected chi connectivity index (χ1v) is 44.1. The number of aliphatic hydroxyl groups is 11. The summed E-state index contributed by atoms with van der Waals surface area (Å²) in [5.41, 5.74) is 0. The molecule has 0 aromatic heterocycles. The lowest BCUT2D eigenvalue weighted by atomic mass is 9.96. The second-order valence-corrected chi connectivity index (χ2v) is 31.7. The van der Waals surface area contributed by atoms with E-state index in [-0.39, 0.29) is 18.9 Å². The Morgan fingerprint density at radius 2 is 0.610 bits per heavy atom. The molecule has 0 bridgehead atoms. The van der Waals surface area contributed by atoms with Crippen LogP contribution in [0.4, 0.5) is 0 Å². The van der Waals surface area contributed by atoms with E-state index in [0.29, 0.717) is 12.8 Å². The maximum Gasteiger partial charge on any atom is 0.220 e. The van der Waals surface area contributed by atoms with E-state index in [0.717, 1.165) is 38.5 Å². The highest BCUT2D eigenvalue weighted by Gasteiger charge is 2.54. The number of carbonyl (C=O) groups is 1. The fourth-order valence-corrected chi connectivity index (χ4v) is 15.2. The maximum atomic E-state index is 13.5. The number of aliphatic hydroxyl groups excluding tert-OH is 11. The highest BCUT2D eigenvalue weighted by Crippen LogP contribution is 2.34. The smallest absolute Gasteiger partial charge is 0.220 e. The lowest BCUT2D eigenvalue weighted by Gasteiger charge is -2.48. The largest absolute Gasteiger partial charge is 0.394 e. The Balaban J connectivity index is 1.35. The van der Waals surface area contributed by atoms with Crippen molar-refractivity contribution < 1.29 is 89.4 Å². The standard InChI is InChI=1S/C86H163NO18/c1-3-5-7-9-11-13-15-17-19-21-23-25-27-29-31-33-35-37-39-41-43-45-47-49-51-53-55-57-59-61-63-70(91)69(87-74(92)64-62-60-58-56-54-52-50-48-46-44-42-40-38-36-34-32-30-28-26-24-22-20-18-16-14-12-10-8-6-4-2)68-100-84-80(98)77(95)82(72(66-89)102-84)105-86-81(99)78(96)83(73(67-90)103-86)104-85-79(97)76(94)75(93)71(65-88)101-85/h53,55,61,63,69-73,75-86,88-91,93-99H,3-52,54,56-60,62,64-68H2,1-2H3,(H,87,92)/b55-53+,63-61+. The molecule has 3 rings (SSSR count). The highest BCUT2D eigenvalue weighted by atomic mass is 16.8. The van der Waals surface area contributed by atoms with E-state index in [1.807, 2.05) is 6.08 Å². The summed E-state index contributed by atoms with van der Waals surface area (Å²) in [5.74, 6) is -0.276. The van der Waals surface area contributed by atoms with Crippen molar-refractivity contribution in [3.8, 4) is 0 Å². The zero-order valence-corrected chi connectivity index (χ0v) is 66.7. The molecule has 0 aromatic carbocycles. The molecule has 3 heterocycles. The predicted octanol–water partition coefficient (Wildman–Crippen LogP) is 16.1. The van der Waals surface area contributed by atoms with Crippen LogP contribution in [-0.4, -0.2) is 193 Å². The summed E-state index contributed by atoms with van der Waals surface area (Å²) < 4.78 is 34.5. The molecule has 0 saturated carbocycles. The van der Waals surface area contributed by atoms with E-state index < -0.39 is 124 Å². The summed E-state index contributed by atoms with van der Waals surface area (Å²) in [7, 11) is 0. The van der Waals surface area contributed by atoms with Gasteiger partial charge in [0.25, 0.3) is 0 Å². The van der Waals surface area contributed by atoms with Gasteiger partial charge in [-0.1, -0.05) is 372 Å². The zero-order chi connectivity index (χ0) is 76.0. The van der Waals surface area contributed by atoms with Crippen molar-refractivity contribution in [1.29, 1.82) is 0 Å². The first-order chi connectivity index (χ1) is 51.3. The van der Waals surface area contributed by atoms with Gasteiger partial charge in [-0.3, -0.25) is 4.79 Å². The third kappa shape index (κ3) is 46.1. The van der Waals surface area contributed by atoms with Crippen LogP contribution in [0.1, 0.15) is 386 Å². The first kappa shape index (κ1) is 97.5. The van der Waals surface area contributed by atoms with Crippen molar-refractivity contribution >= 4 is 5.91 Å². The topological polar surface area (TPSA) is 307 Å². The van der Waals surface area contributed by atoms with Crippen LogP contribution in [-0.2, 0) is 33.2 Å². The number of nitrogens with one attached hydrogen (secondary N) is 1. The number of carbonyl (C=O) groups excluding carboxylic acids is 1. The molecule has 620 valence electrons. The number of rotatable bonds is 72. The molecule has 0 aromatic rings. The van der Waals surface area contributed by atoms with Crippen LogP contribution in [0.2, 0.25) is 0 Å². The fourth-order valence-electron chi connectivity index (χ4n) is 15.2. The predicted molar refractivity (Wildman–Crippen MR) is 420 cm³/mol. The molecule has 12 N–H and O–H groups in total. The van der Waals surface area contributed by atoms with E-state index >= 15 is 0 Å². The number of allylic oxidation sites excluding steroid dienone is 3. The van der Waals surface area contributed by atoms with Crippen LogP contribution in [0.3, 0.4) is 0 Å². The molecule has 3 aliphatic rings. The van der Waals surface area contributed by atoms with Crippen molar-refractivity contribution in [2.24, 2.45) is 0 Å². The van der Waals surface area contributed by atoms with E-state index in [9.17, 15) is 61.0 Å². The Hall–Kier alpha value is -1.73. The van der Waals surface area contributed by atoms with Crippen LogP contribution in [0.15, 0.2) is 24.3 Å². The quantitative estimate of drug-likeness (QED) is 0.0199. The van der Waals surface area contributed by atoms with E-state index in [2.05, 4.69) is 31.3 Å². The maximum absolute atomic E-state index is 13.5. The zero-order valence-electron chi connectivity index (χ0n) is 66.7. The van der Waals surface area contributed by atoms with Gasteiger partial charge in [-0.05, 0) is 32.1 Å². The van der Waals surface area contributed by atoms with Crippen molar-refractivity contribution in [1.82, 2.24) is 5.32 Å². The van der Waals surface area contributed by atoms with Crippen LogP contribution >= 0.6 is 0 Å². The summed E-state index contributed by atoms with van der Waals surface area (Å²) in [6, 6.07) is -0.989. The molecular weight excluding hydrogens is 1330 g/mol. The third-order valence-electron chi connectivity index (χ3n) is 22.3. The molecule has 3 aliphatic heterocycles. The van der Waals surface area contributed by atoms with Crippen molar-refractivity contribution in [2.45, 2.75) is 491 Å². The Kier molecular flexibility index (Phi) is 62.0. The van der Waals surface area contributed by atoms with Crippen molar-refractivity contribution in [2.75, 3.05) is 26.4 Å². The number of ether oxygens (including phenoxy) is 6. The second-order valence-electron chi connectivity index (χ2n) is 31.7. The molecule has 17 atom stereocenters. The number of unbranched alkanes of at least 4 members (excludes halogenated alkanes) is 54. The minimum atomic E-state index is -1.98. The van der Waals surface area contributed by atoms with Gasteiger partial charge in [0.1, 0.15) is 73.2 Å². The van der Waals surface area contributed by atoms with Gasteiger partial charge >= 0.3 is 0 Å². The highest BCUT2D eigenvalue weighted by molar-refractivity contribution is 5.76. The van der Waals surface area contributed by atoms with Gasteiger partial charge in [0, 0.05) is 6.42 Å². The molecule has 1 amide bonds. The fraction of sp³-hybridized carbons (Fsp3) is 0.942. The van der Waals surface area contributed by atoms with Gasteiger partial charge in [-0.15, -0.1) is 0 Å². The monoisotopic (exact) mass is 1500 g/mol. The first-order valence-electron chi connectivity index (χ1n) is 44.1. The number of hydrogen-bond donors (Lipinski definition) is 12. The SMILES string of the molecule is CCCCCCCCCCCCCCCCCCCCCCCCCC/C=C/CC/C=C/C(O)C(COC1OC(CO)C(OC2OC(CO)C(OC3OC(CO)C(O)C(O)C3O)C(O)C2O)C(O)C1O)NC(=O)CCCCCCCCCCCCCCCCCCCCCCCCCCCCCCCC. The minimum Gasteiger partial charge on any atom is -0.394 e. The Morgan fingerprint density at radius 3 is 0.952 bits per heavy atom. The van der Waals surface area contributed by atoms with E-state index in [1.54, 1.807) is 6.08 Å². The molecule has 19 nitrogen and oxygen atoms in total. The second kappa shape index (κ2) is 66.8. The lowest BCUT2D eigenvalue weighted by molar-refractivity contribution is -0.379. The Morgan fingerprint density at radius 1 is 0.333 bits per heavy atom. The van der Waals surface area contributed by atoms with Crippen molar-refractivity contribution in [3.63, 3.8) is 0 Å². The van der Waals surface area contributed by atoms with Gasteiger partial charge in [0.2, 0.25) is 5.91 Å².